The summed E-state index contributed by atoms with van der Waals surface area (Å²) >= 11 is 0. The van der Waals surface area contributed by atoms with E-state index in [9.17, 15) is 24.6 Å². The predicted octanol–water partition coefficient (Wildman–Crippen LogP) is 3.22. The smallest absolute Gasteiger partial charge is 0.198 e. The molecule has 2 aromatic carbocycles. The molecule has 1 heterocycles. The van der Waals surface area contributed by atoms with E-state index < -0.39 is 17.2 Å². The summed E-state index contributed by atoms with van der Waals surface area (Å²) in [7, 11) is 4.01. The molecule has 1 saturated heterocycles. The van der Waals surface area contributed by atoms with Crippen LogP contribution in [0, 0.1) is 0 Å². The van der Waals surface area contributed by atoms with Crippen molar-refractivity contribution in [1.29, 1.82) is 0 Å². The molecule has 7 nitrogen and oxygen atoms in total. The van der Waals surface area contributed by atoms with E-state index in [1.165, 1.54) is 6.07 Å². The number of phenols is 1. The molecule has 0 amide bonds. The minimum Gasteiger partial charge on any atom is -0.507 e. The number of likely N-dealkylation sites (N-methyl/N-ethyl adjacent to an activating group) is 1. The number of phenolic OH excluding ortho intramolecular Hbond substituents is 1. The van der Waals surface area contributed by atoms with Gasteiger partial charge in [0.15, 0.2) is 17.3 Å². The predicted molar refractivity (Wildman–Crippen MR) is 125 cm³/mol. The first kappa shape index (κ1) is 22.9. The minimum absolute atomic E-state index is 0.0313. The number of benzene rings is 2. The summed E-state index contributed by atoms with van der Waals surface area (Å²) in [6, 6.07) is 6.63. The summed E-state index contributed by atoms with van der Waals surface area (Å²) in [6.45, 7) is 3.58. The van der Waals surface area contributed by atoms with Crippen LogP contribution in [0.3, 0.4) is 0 Å². The molecule has 0 spiro atoms. The van der Waals surface area contributed by atoms with Crippen LogP contribution in [-0.4, -0.2) is 64.3 Å². The van der Waals surface area contributed by atoms with Crippen molar-refractivity contribution in [3.63, 3.8) is 0 Å². The van der Waals surface area contributed by atoms with Gasteiger partial charge >= 0.3 is 0 Å². The van der Waals surface area contributed by atoms with Gasteiger partial charge in [-0.3, -0.25) is 14.4 Å². The molecule has 2 aliphatic carbocycles. The Morgan fingerprint density at radius 3 is 2.26 bits per heavy atom. The van der Waals surface area contributed by atoms with E-state index in [0.717, 1.165) is 6.42 Å². The summed E-state index contributed by atoms with van der Waals surface area (Å²) in [5.41, 5.74) is 0.346. The molecule has 34 heavy (non-hydrogen) atoms. The van der Waals surface area contributed by atoms with Crippen LogP contribution >= 0.6 is 0 Å². The second-order valence-electron chi connectivity index (χ2n) is 10.3. The largest absolute Gasteiger partial charge is 0.507 e. The van der Waals surface area contributed by atoms with Gasteiger partial charge in [-0.15, -0.1) is 0 Å². The maximum atomic E-state index is 13.5. The highest BCUT2D eigenvalue weighted by atomic mass is 16.5. The zero-order valence-electron chi connectivity index (χ0n) is 19.8. The fourth-order valence-electron chi connectivity index (χ4n) is 5.88. The number of rotatable bonds is 2. The number of aliphatic hydroxyl groups is 1. The van der Waals surface area contributed by atoms with Crippen molar-refractivity contribution in [2.24, 2.45) is 0 Å². The van der Waals surface area contributed by atoms with Crippen molar-refractivity contribution < 1.29 is 29.3 Å². The average Bonchev–Trinajstić information content (AvgIpc) is 2.75. The van der Waals surface area contributed by atoms with Gasteiger partial charge in [-0.05, 0) is 58.5 Å². The highest BCUT2D eigenvalue weighted by molar-refractivity contribution is 6.32. The fourth-order valence-corrected chi connectivity index (χ4v) is 5.88. The van der Waals surface area contributed by atoms with E-state index in [4.69, 9.17) is 4.74 Å². The number of ketones is 3. The lowest BCUT2D eigenvalue weighted by atomic mass is 9.73. The molecular weight excluding hydrogens is 434 g/mol. The first-order valence-corrected chi connectivity index (χ1v) is 11.7. The Balaban J connectivity index is 1.56. The van der Waals surface area contributed by atoms with Gasteiger partial charge in [0.1, 0.15) is 5.75 Å². The van der Waals surface area contributed by atoms with Crippen LogP contribution in [-0.2, 0) is 11.2 Å². The van der Waals surface area contributed by atoms with Crippen LogP contribution in [0.5, 0.6) is 5.75 Å². The Morgan fingerprint density at radius 2 is 1.59 bits per heavy atom. The number of fused-ring (bicyclic) bond motifs is 4. The molecule has 0 aromatic heterocycles. The number of ether oxygens (including phenoxy) is 1. The monoisotopic (exact) mass is 463 g/mol. The molecule has 0 saturated carbocycles. The summed E-state index contributed by atoms with van der Waals surface area (Å²) < 4.78 is 6.19. The molecule has 1 fully saturated rings. The van der Waals surface area contributed by atoms with Crippen LogP contribution in [0.1, 0.15) is 92.5 Å². The fraction of sp³-hybridized carbons (Fsp3) is 0.444. The van der Waals surface area contributed by atoms with Crippen molar-refractivity contribution in [2.45, 2.75) is 63.4 Å². The second-order valence-corrected chi connectivity index (χ2v) is 10.3. The standard InChI is InChI=1S/C27H29NO6/c1-13-18(28(3)4)9-10-20(34-13)15-7-8-17-23(24(15)30)26(32)16-6-5-14-11-27(2,33)12-19(29)21(14)22(16)25(17)31/h5-8,13,18,20,30,33H,9-12H2,1-4H3. The second kappa shape index (κ2) is 7.83. The van der Waals surface area contributed by atoms with Gasteiger partial charge in [0.05, 0.1) is 23.4 Å². The molecular formula is C27H29NO6. The molecule has 1 aliphatic heterocycles. The van der Waals surface area contributed by atoms with Crippen molar-refractivity contribution >= 4 is 17.3 Å². The van der Waals surface area contributed by atoms with E-state index in [1.54, 1.807) is 25.1 Å². The Labute approximate surface area is 198 Å². The Bertz CT molecular complexity index is 1240. The molecule has 4 atom stereocenters. The van der Waals surface area contributed by atoms with Crippen LogP contribution in [0.15, 0.2) is 24.3 Å². The normalized spacial score (nSPS) is 28.5. The van der Waals surface area contributed by atoms with Crippen molar-refractivity contribution in [2.75, 3.05) is 14.1 Å². The first-order chi connectivity index (χ1) is 16.0. The Kier molecular flexibility index (Phi) is 5.28. The zero-order valence-corrected chi connectivity index (χ0v) is 19.8. The lowest BCUT2D eigenvalue weighted by Gasteiger charge is -2.38. The van der Waals surface area contributed by atoms with Gasteiger partial charge in [0, 0.05) is 46.7 Å². The van der Waals surface area contributed by atoms with Gasteiger partial charge in [-0.25, -0.2) is 0 Å². The lowest BCUT2D eigenvalue weighted by molar-refractivity contribution is -0.0830. The van der Waals surface area contributed by atoms with E-state index in [0.29, 0.717) is 17.5 Å². The number of nitrogens with zero attached hydrogens (tertiary/aromatic N) is 1. The Morgan fingerprint density at radius 1 is 0.941 bits per heavy atom. The van der Waals surface area contributed by atoms with E-state index >= 15 is 0 Å². The van der Waals surface area contributed by atoms with E-state index in [2.05, 4.69) is 4.90 Å². The third kappa shape index (κ3) is 3.42. The minimum atomic E-state index is -1.19. The highest BCUT2D eigenvalue weighted by Gasteiger charge is 2.42. The number of carbonyl (C=O) groups excluding carboxylic acids is 3. The molecule has 5 rings (SSSR count). The SMILES string of the molecule is CC1OC(c2ccc3c(c2O)C(=O)c2ccc4c(c2C3=O)C(=O)CC(C)(O)C4)CCC1N(C)C. The van der Waals surface area contributed by atoms with E-state index in [1.807, 2.05) is 21.0 Å². The molecule has 3 aliphatic rings. The maximum Gasteiger partial charge on any atom is 0.198 e. The van der Waals surface area contributed by atoms with Gasteiger partial charge in [-0.1, -0.05) is 12.1 Å². The summed E-state index contributed by atoms with van der Waals surface area (Å²) in [4.78, 5) is 42.0. The number of hydrogen-bond acceptors (Lipinski definition) is 7. The van der Waals surface area contributed by atoms with Crippen LogP contribution in [0.4, 0.5) is 0 Å². The van der Waals surface area contributed by atoms with Crippen molar-refractivity contribution in [3.05, 3.63) is 63.2 Å². The number of aromatic hydroxyl groups is 1. The quantitative estimate of drug-likeness (QED) is 0.601. The zero-order chi connectivity index (χ0) is 24.5. The first-order valence-electron chi connectivity index (χ1n) is 11.7. The van der Waals surface area contributed by atoms with Crippen LogP contribution < -0.4 is 0 Å². The van der Waals surface area contributed by atoms with Gasteiger partial charge < -0.3 is 19.8 Å². The molecule has 178 valence electrons. The molecule has 2 aromatic rings. The van der Waals surface area contributed by atoms with Gasteiger partial charge in [0.2, 0.25) is 0 Å². The van der Waals surface area contributed by atoms with Gasteiger partial charge in [-0.2, -0.15) is 0 Å². The average molecular weight is 464 g/mol. The topological polar surface area (TPSA) is 104 Å². The number of Topliss-reactive ketones (excluding diaryl/α,β-unsaturated/α-hetero) is 1. The van der Waals surface area contributed by atoms with E-state index in [-0.39, 0.29) is 70.4 Å². The van der Waals surface area contributed by atoms with Crippen LogP contribution in [0.25, 0.3) is 0 Å². The Hall–Kier alpha value is -2.87. The summed E-state index contributed by atoms with van der Waals surface area (Å²) in [5.74, 6) is -1.52. The lowest BCUT2D eigenvalue weighted by Crippen LogP contribution is -2.43. The van der Waals surface area contributed by atoms with Gasteiger partial charge in [0.25, 0.3) is 0 Å². The molecule has 0 radical (unpaired) electrons. The number of carbonyl (C=O) groups is 3. The highest BCUT2D eigenvalue weighted by Crippen LogP contribution is 2.43. The maximum absolute atomic E-state index is 13.5. The number of hydrogen-bond donors (Lipinski definition) is 2. The van der Waals surface area contributed by atoms with Crippen molar-refractivity contribution in [1.82, 2.24) is 4.90 Å². The molecule has 4 unspecified atom stereocenters. The third-order valence-corrected chi connectivity index (χ3v) is 7.49. The summed E-state index contributed by atoms with van der Waals surface area (Å²) in [5, 5.41) is 21.6. The van der Waals surface area contributed by atoms with Crippen molar-refractivity contribution in [3.8, 4) is 5.75 Å². The van der Waals surface area contributed by atoms with Crippen LogP contribution in [0.2, 0.25) is 0 Å². The molecule has 2 N–H and O–H groups in total. The third-order valence-electron chi connectivity index (χ3n) is 7.49. The molecule has 7 heteroatoms. The molecule has 0 bridgehead atoms. The summed E-state index contributed by atoms with van der Waals surface area (Å²) in [6.07, 6.45) is 1.24.